The zero-order valence-corrected chi connectivity index (χ0v) is 11.7. The zero-order valence-electron chi connectivity index (χ0n) is 10.9. The zero-order chi connectivity index (χ0) is 14.0. The largest absolute Gasteiger partial charge is 0.439 e. The maximum Gasteiger partial charge on any atom is 0.224 e. The fraction of sp³-hybridized carbons (Fsp3) is 0.286. The van der Waals surface area contributed by atoms with Gasteiger partial charge < -0.3 is 4.74 Å². The molecule has 1 aromatic carbocycles. The van der Waals surface area contributed by atoms with E-state index < -0.39 is 0 Å². The van der Waals surface area contributed by atoms with Crippen LogP contribution in [0.1, 0.15) is 31.2 Å². The maximum absolute atomic E-state index is 13.2. The van der Waals surface area contributed by atoms with Gasteiger partial charge in [-0.05, 0) is 30.7 Å². The van der Waals surface area contributed by atoms with Crippen molar-refractivity contribution in [3.05, 3.63) is 46.6 Å². The van der Waals surface area contributed by atoms with Crippen molar-refractivity contribution in [1.29, 1.82) is 0 Å². The average Bonchev–Trinajstić information content (AvgIpc) is 2.33. The molecule has 3 nitrogen and oxygen atoms in total. The Hall–Kier alpha value is -1.68. The first-order valence-corrected chi connectivity index (χ1v) is 6.32. The van der Waals surface area contributed by atoms with Crippen LogP contribution in [0.3, 0.4) is 0 Å². The minimum absolute atomic E-state index is 0.149. The van der Waals surface area contributed by atoms with Crippen molar-refractivity contribution in [3.63, 3.8) is 0 Å². The number of aryl methyl sites for hydroxylation is 1. The third kappa shape index (κ3) is 3.41. The SMILES string of the molecule is Cc1cc(Oc2cc(Cl)nc(C(C)C)n2)ccc1F. The van der Waals surface area contributed by atoms with Gasteiger partial charge in [0.25, 0.3) is 0 Å². The van der Waals surface area contributed by atoms with Crippen LogP contribution in [0, 0.1) is 12.7 Å². The molecular formula is C14H14ClFN2O. The first-order valence-electron chi connectivity index (χ1n) is 5.94. The van der Waals surface area contributed by atoms with Gasteiger partial charge in [0.15, 0.2) is 0 Å². The fourth-order valence-electron chi connectivity index (χ4n) is 1.53. The van der Waals surface area contributed by atoms with Crippen molar-refractivity contribution in [2.24, 2.45) is 0 Å². The second-order valence-electron chi connectivity index (χ2n) is 4.55. The Labute approximate surface area is 116 Å². The van der Waals surface area contributed by atoms with Crippen molar-refractivity contribution in [2.45, 2.75) is 26.7 Å². The van der Waals surface area contributed by atoms with Gasteiger partial charge in [-0.3, -0.25) is 0 Å². The highest BCUT2D eigenvalue weighted by Gasteiger charge is 2.09. The number of hydrogen-bond acceptors (Lipinski definition) is 3. The smallest absolute Gasteiger partial charge is 0.224 e. The van der Waals surface area contributed by atoms with E-state index in [-0.39, 0.29) is 11.7 Å². The summed E-state index contributed by atoms with van der Waals surface area (Å²) in [5, 5.41) is 0.326. The Kier molecular flexibility index (Phi) is 4.00. The lowest BCUT2D eigenvalue weighted by molar-refractivity contribution is 0.454. The Morgan fingerprint density at radius 3 is 2.58 bits per heavy atom. The molecule has 0 radical (unpaired) electrons. The number of benzene rings is 1. The molecule has 1 aromatic heterocycles. The van der Waals surface area contributed by atoms with E-state index in [2.05, 4.69) is 9.97 Å². The van der Waals surface area contributed by atoms with Crippen LogP contribution in [0.2, 0.25) is 5.15 Å². The van der Waals surface area contributed by atoms with Crippen molar-refractivity contribution < 1.29 is 9.13 Å². The lowest BCUT2D eigenvalue weighted by Crippen LogP contribution is -2.00. The molecule has 2 aromatic rings. The van der Waals surface area contributed by atoms with Crippen LogP contribution in [0.4, 0.5) is 4.39 Å². The Morgan fingerprint density at radius 2 is 1.95 bits per heavy atom. The van der Waals surface area contributed by atoms with Gasteiger partial charge in [-0.1, -0.05) is 25.4 Å². The van der Waals surface area contributed by atoms with Crippen LogP contribution < -0.4 is 4.74 Å². The van der Waals surface area contributed by atoms with E-state index in [1.54, 1.807) is 19.1 Å². The lowest BCUT2D eigenvalue weighted by atomic mass is 10.2. The summed E-state index contributed by atoms with van der Waals surface area (Å²) in [5.74, 6) is 1.37. The van der Waals surface area contributed by atoms with Gasteiger partial charge >= 0.3 is 0 Å². The van der Waals surface area contributed by atoms with Crippen LogP contribution in [0.5, 0.6) is 11.6 Å². The Bertz CT molecular complexity index is 602. The molecule has 5 heteroatoms. The number of nitrogens with zero attached hydrogens (tertiary/aromatic N) is 2. The number of halogens is 2. The monoisotopic (exact) mass is 280 g/mol. The molecular weight excluding hydrogens is 267 g/mol. The topological polar surface area (TPSA) is 35.0 Å². The van der Waals surface area contributed by atoms with Gasteiger partial charge in [-0.15, -0.1) is 0 Å². The summed E-state index contributed by atoms with van der Waals surface area (Å²) in [5.41, 5.74) is 0.515. The molecule has 19 heavy (non-hydrogen) atoms. The predicted octanol–water partition coefficient (Wildman–Crippen LogP) is 4.49. The summed E-state index contributed by atoms with van der Waals surface area (Å²) in [6, 6.07) is 6.05. The van der Waals surface area contributed by atoms with Crippen LogP contribution in [0.15, 0.2) is 24.3 Å². The highest BCUT2D eigenvalue weighted by molar-refractivity contribution is 6.29. The van der Waals surface area contributed by atoms with E-state index in [9.17, 15) is 4.39 Å². The lowest BCUT2D eigenvalue weighted by Gasteiger charge is -2.09. The molecule has 0 saturated carbocycles. The van der Waals surface area contributed by atoms with Crippen molar-refractivity contribution >= 4 is 11.6 Å². The Balaban J connectivity index is 2.29. The van der Waals surface area contributed by atoms with E-state index in [4.69, 9.17) is 16.3 Å². The molecule has 0 saturated heterocycles. The number of hydrogen-bond donors (Lipinski definition) is 0. The van der Waals surface area contributed by atoms with Crippen LogP contribution in [0.25, 0.3) is 0 Å². The minimum atomic E-state index is -0.268. The molecule has 0 spiro atoms. The van der Waals surface area contributed by atoms with E-state index in [0.717, 1.165) is 0 Å². The van der Waals surface area contributed by atoms with Crippen molar-refractivity contribution in [3.8, 4) is 11.6 Å². The van der Waals surface area contributed by atoms with Crippen molar-refractivity contribution in [2.75, 3.05) is 0 Å². The van der Waals surface area contributed by atoms with Crippen LogP contribution >= 0.6 is 11.6 Å². The van der Waals surface area contributed by atoms with Gasteiger partial charge in [-0.2, -0.15) is 4.98 Å². The second kappa shape index (κ2) is 5.53. The summed E-state index contributed by atoms with van der Waals surface area (Å²) in [6.45, 7) is 5.61. The van der Waals surface area contributed by atoms with Gasteiger partial charge in [-0.25, -0.2) is 9.37 Å². The van der Waals surface area contributed by atoms with E-state index in [1.807, 2.05) is 13.8 Å². The third-order valence-corrected chi connectivity index (χ3v) is 2.75. The predicted molar refractivity (Wildman–Crippen MR) is 72.3 cm³/mol. The average molecular weight is 281 g/mol. The molecule has 100 valence electrons. The van der Waals surface area contributed by atoms with E-state index in [1.165, 1.54) is 12.1 Å². The van der Waals surface area contributed by atoms with E-state index in [0.29, 0.717) is 28.2 Å². The third-order valence-electron chi connectivity index (χ3n) is 2.56. The first-order chi connectivity index (χ1) is 8.95. The molecule has 0 unspecified atom stereocenters. The normalized spacial score (nSPS) is 10.8. The van der Waals surface area contributed by atoms with Crippen LogP contribution in [-0.2, 0) is 0 Å². The van der Waals surface area contributed by atoms with Gasteiger partial charge in [0.1, 0.15) is 22.5 Å². The number of rotatable bonds is 3. The molecule has 0 aliphatic carbocycles. The molecule has 0 amide bonds. The molecule has 0 atom stereocenters. The molecule has 0 bridgehead atoms. The minimum Gasteiger partial charge on any atom is -0.439 e. The molecule has 2 rings (SSSR count). The molecule has 0 N–H and O–H groups in total. The molecule has 0 aliphatic heterocycles. The number of ether oxygens (including phenoxy) is 1. The van der Waals surface area contributed by atoms with Crippen molar-refractivity contribution in [1.82, 2.24) is 9.97 Å². The molecule has 1 heterocycles. The first kappa shape index (κ1) is 13.7. The highest BCUT2D eigenvalue weighted by Crippen LogP contribution is 2.25. The molecule has 0 aliphatic rings. The summed E-state index contributed by atoms with van der Waals surface area (Å²) < 4.78 is 18.8. The summed E-state index contributed by atoms with van der Waals surface area (Å²) in [4.78, 5) is 8.39. The van der Waals surface area contributed by atoms with Gasteiger partial charge in [0, 0.05) is 12.0 Å². The Morgan fingerprint density at radius 1 is 1.21 bits per heavy atom. The molecule has 0 fully saturated rings. The quantitative estimate of drug-likeness (QED) is 0.777. The van der Waals surface area contributed by atoms with E-state index >= 15 is 0 Å². The second-order valence-corrected chi connectivity index (χ2v) is 4.94. The number of aromatic nitrogens is 2. The highest BCUT2D eigenvalue weighted by atomic mass is 35.5. The van der Waals surface area contributed by atoms with Gasteiger partial charge in [0.05, 0.1) is 0 Å². The van der Waals surface area contributed by atoms with Gasteiger partial charge in [0.2, 0.25) is 5.88 Å². The van der Waals surface area contributed by atoms with Crippen LogP contribution in [-0.4, -0.2) is 9.97 Å². The summed E-state index contributed by atoms with van der Waals surface area (Å²) in [6.07, 6.45) is 0. The fourth-order valence-corrected chi connectivity index (χ4v) is 1.71. The summed E-state index contributed by atoms with van der Waals surface area (Å²) >= 11 is 5.93. The maximum atomic E-state index is 13.2. The summed E-state index contributed by atoms with van der Waals surface area (Å²) in [7, 11) is 0. The standard InChI is InChI=1S/C14H14ClFN2O/c1-8(2)14-17-12(15)7-13(18-14)19-10-4-5-11(16)9(3)6-10/h4-8H,1-3H3.